The summed E-state index contributed by atoms with van der Waals surface area (Å²) in [6.07, 6.45) is 1.58. The number of aromatic nitrogens is 4. The molecule has 104 valence electrons. The number of imidazole rings is 1. The Morgan fingerprint density at radius 3 is 2.53 bits per heavy atom. The highest BCUT2D eigenvalue weighted by atomic mass is 16.5. The van der Waals surface area contributed by atoms with Crippen molar-refractivity contribution in [2.24, 2.45) is 0 Å². The molecule has 2 rings (SSSR count). The predicted octanol–water partition coefficient (Wildman–Crippen LogP) is 0.0343. The van der Waals surface area contributed by atoms with E-state index in [2.05, 4.69) is 19.9 Å². The zero-order valence-corrected chi connectivity index (χ0v) is 11.1. The number of aromatic amines is 1. The van der Waals surface area contributed by atoms with Crippen molar-refractivity contribution in [2.45, 2.75) is 0 Å². The Labute approximate surface area is 110 Å². The molecule has 0 aromatic carbocycles. The summed E-state index contributed by atoms with van der Waals surface area (Å²) in [7, 11) is 3.32. The predicted molar refractivity (Wildman–Crippen MR) is 72.1 cm³/mol. The van der Waals surface area contributed by atoms with E-state index < -0.39 is 0 Å². The number of nitrogens with one attached hydrogen (secondary N) is 1. The van der Waals surface area contributed by atoms with E-state index in [0.717, 1.165) is 5.52 Å². The summed E-state index contributed by atoms with van der Waals surface area (Å²) in [4.78, 5) is 17.5. The molecule has 0 saturated carbocycles. The maximum absolute atomic E-state index is 5.71. The number of nitrogens with two attached hydrogens (primary N) is 1. The highest BCUT2D eigenvalue weighted by Gasteiger charge is 2.15. The van der Waals surface area contributed by atoms with Crippen LogP contribution in [0, 0.1) is 0 Å². The zero-order valence-electron chi connectivity index (χ0n) is 11.1. The lowest BCUT2D eigenvalue weighted by molar-refractivity contribution is 0.190. The van der Waals surface area contributed by atoms with E-state index in [4.69, 9.17) is 15.2 Å². The standard InChI is InChI=1S/C11H18N6O2/c1-18-5-3-17(4-6-19-2)10-8-9(14-7-13-8)15-11(12)16-10/h7H,3-6H2,1-2H3,(H3,12,13,14,15,16). The fourth-order valence-electron chi connectivity index (χ4n) is 1.79. The molecule has 0 aliphatic heterocycles. The number of methoxy groups -OCH3 is 2. The second-order valence-corrected chi connectivity index (χ2v) is 3.98. The first-order valence-corrected chi connectivity index (χ1v) is 5.95. The van der Waals surface area contributed by atoms with Gasteiger partial charge in [-0.15, -0.1) is 0 Å². The summed E-state index contributed by atoms with van der Waals surface area (Å²) in [5.74, 6) is 0.920. The minimum atomic E-state index is 0.203. The summed E-state index contributed by atoms with van der Waals surface area (Å²) >= 11 is 0. The fourth-order valence-corrected chi connectivity index (χ4v) is 1.79. The average molecular weight is 266 g/mol. The van der Waals surface area contributed by atoms with Crippen LogP contribution >= 0.6 is 0 Å². The van der Waals surface area contributed by atoms with Gasteiger partial charge in [0, 0.05) is 27.3 Å². The molecule has 0 aliphatic rings. The van der Waals surface area contributed by atoms with Gasteiger partial charge in [0.1, 0.15) is 5.52 Å². The Kier molecular flexibility index (Phi) is 4.48. The van der Waals surface area contributed by atoms with E-state index >= 15 is 0 Å². The highest BCUT2D eigenvalue weighted by molar-refractivity contribution is 5.84. The molecule has 0 spiro atoms. The number of nitrogen functional groups attached to an aromatic ring is 1. The third kappa shape index (κ3) is 3.09. The van der Waals surface area contributed by atoms with Crippen molar-refractivity contribution < 1.29 is 9.47 Å². The van der Waals surface area contributed by atoms with Crippen molar-refractivity contribution in [2.75, 3.05) is 51.2 Å². The molecule has 0 fully saturated rings. The molecular weight excluding hydrogens is 248 g/mol. The highest BCUT2D eigenvalue weighted by Crippen LogP contribution is 2.21. The van der Waals surface area contributed by atoms with Gasteiger partial charge in [-0.05, 0) is 0 Å². The molecule has 2 aromatic heterocycles. The van der Waals surface area contributed by atoms with Crippen molar-refractivity contribution >= 4 is 22.9 Å². The van der Waals surface area contributed by atoms with Crippen LogP contribution in [-0.4, -0.2) is 60.5 Å². The van der Waals surface area contributed by atoms with Gasteiger partial charge >= 0.3 is 0 Å². The van der Waals surface area contributed by atoms with Gasteiger partial charge in [-0.3, -0.25) is 0 Å². The fraction of sp³-hybridized carbons (Fsp3) is 0.545. The second-order valence-electron chi connectivity index (χ2n) is 3.98. The molecule has 2 aromatic rings. The van der Waals surface area contributed by atoms with Crippen LogP contribution in [-0.2, 0) is 9.47 Å². The van der Waals surface area contributed by atoms with E-state index in [1.54, 1.807) is 20.5 Å². The van der Waals surface area contributed by atoms with E-state index in [1.807, 2.05) is 4.90 Å². The summed E-state index contributed by atoms with van der Waals surface area (Å²) < 4.78 is 10.2. The van der Waals surface area contributed by atoms with Crippen molar-refractivity contribution in [1.29, 1.82) is 0 Å². The SMILES string of the molecule is COCCN(CCOC)c1nc(N)nc2nc[nH]c12. The maximum Gasteiger partial charge on any atom is 0.224 e. The van der Waals surface area contributed by atoms with E-state index in [-0.39, 0.29) is 5.95 Å². The lowest BCUT2D eigenvalue weighted by atomic mass is 10.4. The third-order valence-corrected chi connectivity index (χ3v) is 2.71. The summed E-state index contributed by atoms with van der Waals surface area (Å²) in [6, 6.07) is 0. The molecule has 0 radical (unpaired) electrons. The molecule has 2 heterocycles. The Morgan fingerprint density at radius 1 is 1.21 bits per heavy atom. The minimum Gasteiger partial charge on any atom is -0.383 e. The van der Waals surface area contributed by atoms with Gasteiger partial charge in [0.2, 0.25) is 5.95 Å². The first kappa shape index (κ1) is 13.5. The second kappa shape index (κ2) is 6.30. The molecular formula is C11H18N6O2. The van der Waals surface area contributed by atoms with Gasteiger partial charge in [-0.1, -0.05) is 0 Å². The van der Waals surface area contributed by atoms with Crippen LogP contribution in [0.25, 0.3) is 11.2 Å². The lowest BCUT2D eigenvalue weighted by Crippen LogP contribution is -2.31. The molecule has 0 amide bonds. The Balaban J connectivity index is 2.33. The Morgan fingerprint density at radius 2 is 1.89 bits per heavy atom. The Bertz CT molecular complexity index is 521. The van der Waals surface area contributed by atoms with Crippen LogP contribution in [0.2, 0.25) is 0 Å². The average Bonchev–Trinajstić information content (AvgIpc) is 2.86. The summed E-state index contributed by atoms with van der Waals surface area (Å²) in [5.41, 5.74) is 7.04. The number of fused-ring (bicyclic) bond motifs is 1. The van der Waals surface area contributed by atoms with Crippen LogP contribution in [0.15, 0.2) is 6.33 Å². The third-order valence-electron chi connectivity index (χ3n) is 2.71. The normalized spacial score (nSPS) is 11.1. The van der Waals surface area contributed by atoms with E-state index in [9.17, 15) is 0 Å². The molecule has 8 heteroatoms. The zero-order chi connectivity index (χ0) is 13.7. The van der Waals surface area contributed by atoms with Crippen LogP contribution in [0.3, 0.4) is 0 Å². The van der Waals surface area contributed by atoms with Crippen molar-refractivity contribution in [3.8, 4) is 0 Å². The van der Waals surface area contributed by atoms with E-state index in [0.29, 0.717) is 37.8 Å². The van der Waals surface area contributed by atoms with Crippen LogP contribution in [0.1, 0.15) is 0 Å². The molecule has 0 atom stereocenters. The van der Waals surface area contributed by atoms with E-state index in [1.165, 1.54) is 0 Å². The smallest absolute Gasteiger partial charge is 0.224 e. The molecule has 0 aliphatic carbocycles. The van der Waals surface area contributed by atoms with Crippen molar-refractivity contribution in [3.63, 3.8) is 0 Å². The number of ether oxygens (including phenoxy) is 2. The first-order valence-electron chi connectivity index (χ1n) is 5.95. The number of hydrogen-bond acceptors (Lipinski definition) is 7. The van der Waals surface area contributed by atoms with Gasteiger partial charge < -0.3 is 25.1 Å². The molecule has 0 unspecified atom stereocenters. The summed E-state index contributed by atoms with van der Waals surface area (Å²) in [5, 5.41) is 0. The molecule has 3 N–H and O–H groups in total. The summed E-state index contributed by atoms with van der Waals surface area (Å²) in [6.45, 7) is 2.54. The van der Waals surface area contributed by atoms with Crippen molar-refractivity contribution in [3.05, 3.63) is 6.33 Å². The van der Waals surface area contributed by atoms with Crippen LogP contribution < -0.4 is 10.6 Å². The quantitative estimate of drug-likeness (QED) is 0.729. The largest absolute Gasteiger partial charge is 0.383 e. The first-order chi connectivity index (χ1) is 9.26. The number of rotatable bonds is 7. The number of H-pyrrole nitrogens is 1. The van der Waals surface area contributed by atoms with Crippen molar-refractivity contribution in [1.82, 2.24) is 19.9 Å². The number of anilines is 2. The molecule has 8 nitrogen and oxygen atoms in total. The number of nitrogens with zero attached hydrogens (tertiary/aromatic N) is 4. The van der Waals surface area contributed by atoms with Gasteiger partial charge in [-0.2, -0.15) is 9.97 Å². The molecule has 0 saturated heterocycles. The monoisotopic (exact) mass is 266 g/mol. The number of hydrogen-bond donors (Lipinski definition) is 2. The lowest BCUT2D eigenvalue weighted by Gasteiger charge is -2.23. The minimum absolute atomic E-state index is 0.203. The van der Waals surface area contributed by atoms with Crippen LogP contribution in [0.4, 0.5) is 11.8 Å². The maximum atomic E-state index is 5.71. The topological polar surface area (TPSA) is 102 Å². The van der Waals surface area contributed by atoms with Crippen LogP contribution in [0.5, 0.6) is 0 Å². The van der Waals surface area contributed by atoms with Gasteiger partial charge in [0.05, 0.1) is 19.5 Å². The molecule has 19 heavy (non-hydrogen) atoms. The van der Waals surface area contributed by atoms with Gasteiger partial charge in [-0.25, -0.2) is 4.98 Å². The van der Waals surface area contributed by atoms with Gasteiger partial charge in [0.25, 0.3) is 0 Å². The Hall–Kier alpha value is -1.93. The molecule has 0 bridgehead atoms. The van der Waals surface area contributed by atoms with Gasteiger partial charge in [0.15, 0.2) is 11.5 Å².